The molecule has 100 valence electrons. The number of rotatable bonds is 2. The first-order valence-corrected chi connectivity index (χ1v) is 7.03. The summed E-state index contributed by atoms with van der Waals surface area (Å²) in [4.78, 5) is 0. The second-order valence-corrected chi connectivity index (χ2v) is 5.48. The fraction of sp³-hybridized carbons (Fsp3) is 0.0625. The fourth-order valence-electron chi connectivity index (χ4n) is 2.17. The molecule has 3 aromatic rings. The predicted molar refractivity (Wildman–Crippen MR) is 84.2 cm³/mol. The summed E-state index contributed by atoms with van der Waals surface area (Å²) in [5.74, 6) is 1.08. The number of aryl methyl sites for hydroxylation is 1. The molecule has 0 atom stereocenters. The van der Waals surface area contributed by atoms with Crippen molar-refractivity contribution in [2.24, 2.45) is 0 Å². The van der Waals surface area contributed by atoms with Crippen molar-refractivity contribution in [1.29, 1.82) is 0 Å². The van der Waals surface area contributed by atoms with E-state index in [4.69, 9.17) is 10.3 Å². The lowest BCUT2D eigenvalue weighted by molar-refractivity contribution is 0.436. The van der Waals surface area contributed by atoms with Crippen molar-refractivity contribution in [3.05, 3.63) is 58.6 Å². The molecular weight excluding hydrogens is 316 g/mol. The molecule has 4 heteroatoms. The first kappa shape index (κ1) is 12.9. The van der Waals surface area contributed by atoms with Crippen molar-refractivity contribution < 1.29 is 4.52 Å². The highest BCUT2D eigenvalue weighted by molar-refractivity contribution is 9.10. The van der Waals surface area contributed by atoms with Gasteiger partial charge < -0.3 is 10.3 Å². The lowest BCUT2D eigenvalue weighted by Gasteiger charge is -2.05. The van der Waals surface area contributed by atoms with Gasteiger partial charge in [0.05, 0.1) is 5.56 Å². The minimum atomic E-state index is 0.402. The number of hydrogen-bond acceptors (Lipinski definition) is 3. The Bertz CT molecular complexity index is 750. The zero-order valence-electron chi connectivity index (χ0n) is 10.9. The summed E-state index contributed by atoms with van der Waals surface area (Å²) in [6.45, 7) is 2.04. The van der Waals surface area contributed by atoms with Gasteiger partial charge in [0.25, 0.3) is 0 Å². The van der Waals surface area contributed by atoms with Gasteiger partial charge in [0.1, 0.15) is 0 Å². The summed E-state index contributed by atoms with van der Waals surface area (Å²) >= 11 is 3.57. The topological polar surface area (TPSA) is 52.0 Å². The van der Waals surface area contributed by atoms with E-state index in [1.165, 1.54) is 5.56 Å². The Balaban J connectivity index is 2.21. The molecule has 3 nitrogen and oxygen atoms in total. The lowest BCUT2D eigenvalue weighted by atomic mass is 10.0. The Morgan fingerprint density at radius 1 is 1.10 bits per heavy atom. The zero-order valence-corrected chi connectivity index (χ0v) is 12.5. The van der Waals surface area contributed by atoms with Crippen LogP contribution in [0, 0.1) is 6.92 Å². The Hall–Kier alpha value is -2.07. The van der Waals surface area contributed by atoms with Crippen molar-refractivity contribution in [2.75, 3.05) is 5.73 Å². The van der Waals surface area contributed by atoms with E-state index in [0.717, 1.165) is 21.2 Å². The van der Waals surface area contributed by atoms with Crippen LogP contribution in [0.15, 0.2) is 57.5 Å². The average Bonchev–Trinajstić information content (AvgIpc) is 2.81. The molecule has 2 aromatic carbocycles. The SMILES string of the molecule is Cc1ccc(-c2onc(N)c2-c2ccccc2)c(Br)c1. The van der Waals surface area contributed by atoms with E-state index in [9.17, 15) is 0 Å². The number of anilines is 1. The molecule has 0 unspecified atom stereocenters. The monoisotopic (exact) mass is 328 g/mol. The highest BCUT2D eigenvalue weighted by Crippen LogP contribution is 2.39. The van der Waals surface area contributed by atoms with Crippen molar-refractivity contribution in [3.63, 3.8) is 0 Å². The van der Waals surface area contributed by atoms with Gasteiger partial charge in [-0.25, -0.2) is 0 Å². The number of benzene rings is 2. The molecule has 0 aliphatic rings. The van der Waals surface area contributed by atoms with Gasteiger partial charge in [-0.15, -0.1) is 0 Å². The second kappa shape index (κ2) is 5.13. The largest absolute Gasteiger partial charge is 0.380 e. The molecule has 0 aliphatic carbocycles. The predicted octanol–water partition coefficient (Wildman–Crippen LogP) is 4.66. The van der Waals surface area contributed by atoms with Gasteiger partial charge >= 0.3 is 0 Å². The van der Waals surface area contributed by atoms with E-state index in [-0.39, 0.29) is 0 Å². The van der Waals surface area contributed by atoms with Gasteiger partial charge in [0, 0.05) is 10.0 Å². The van der Waals surface area contributed by atoms with Crippen LogP contribution in [0.5, 0.6) is 0 Å². The van der Waals surface area contributed by atoms with E-state index in [1.807, 2.05) is 55.5 Å². The van der Waals surface area contributed by atoms with Crippen LogP contribution in [0.25, 0.3) is 22.5 Å². The van der Waals surface area contributed by atoms with Crippen LogP contribution in [-0.2, 0) is 0 Å². The molecule has 0 bridgehead atoms. The smallest absolute Gasteiger partial charge is 0.178 e. The van der Waals surface area contributed by atoms with Gasteiger partial charge in [-0.2, -0.15) is 0 Å². The van der Waals surface area contributed by atoms with Crippen LogP contribution in [-0.4, -0.2) is 5.16 Å². The lowest BCUT2D eigenvalue weighted by Crippen LogP contribution is -1.89. The minimum Gasteiger partial charge on any atom is -0.380 e. The third-order valence-corrected chi connectivity index (χ3v) is 3.81. The Morgan fingerprint density at radius 2 is 1.85 bits per heavy atom. The molecule has 0 spiro atoms. The van der Waals surface area contributed by atoms with Gasteiger partial charge in [-0.3, -0.25) is 0 Å². The number of aromatic nitrogens is 1. The molecule has 0 fully saturated rings. The Morgan fingerprint density at radius 3 is 2.55 bits per heavy atom. The quantitative estimate of drug-likeness (QED) is 0.744. The van der Waals surface area contributed by atoms with Gasteiger partial charge in [0.15, 0.2) is 11.6 Å². The van der Waals surface area contributed by atoms with E-state index >= 15 is 0 Å². The maximum atomic E-state index is 5.97. The summed E-state index contributed by atoms with van der Waals surface area (Å²) < 4.78 is 6.42. The van der Waals surface area contributed by atoms with Crippen LogP contribution in [0.1, 0.15) is 5.56 Å². The van der Waals surface area contributed by atoms with Crippen LogP contribution >= 0.6 is 15.9 Å². The first-order chi connectivity index (χ1) is 9.66. The van der Waals surface area contributed by atoms with Crippen molar-refractivity contribution in [3.8, 4) is 22.5 Å². The van der Waals surface area contributed by atoms with Crippen molar-refractivity contribution in [1.82, 2.24) is 5.16 Å². The summed E-state index contributed by atoms with van der Waals surface area (Å²) in [5.41, 5.74) is 9.91. The van der Waals surface area contributed by atoms with E-state index in [1.54, 1.807) is 0 Å². The first-order valence-electron chi connectivity index (χ1n) is 6.24. The normalized spacial score (nSPS) is 10.7. The van der Waals surface area contributed by atoms with E-state index in [2.05, 4.69) is 21.1 Å². The summed E-state index contributed by atoms with van der Waals surface area (Å²) in [7, 11) is 0. The molecule has 1 aromatic heterocycles. The van der Waals surface area contributed by atoms with Crippen molar-refractivity contribution >= 4 is 21.7 Å². The van der Waals surface area contributed by atoms with Crippen molar-refractivity contribution in [2.45, 2.75) is 6.92 Å². The van der Waals surface area contributed by atoms with E-state index in [0.29, 0.717) is 11.6 Å². The highest BCUT2D eigenvalue weighted by atomic mass is 79.9. The number of nitrogen functional groups attached to an aromatic ring is 1. The molecule has 0 saturated carbocycles. The average molecular weight is 329 g/mol. The van der Waals surface area contributed by atoms with Crippen LogP contribution < -0.4 is 5.73 Å². The Labute approximate surface area is 125 Å². The van der Waals surface area contributed by atoms with Gasteiger partial charge in [-0.1, -0.05) is 57.5 Å². The minimum absolute atomic E-state index is 0.402. The fourth-order valence-corrected chi connectivity index (χ4v) is 2.85. The molecule has 20 heavy (non-hydrogen) atoms. The second-order valence-electron chi connectivity index (χ2n) is 4.62. The van der Waals surface area contributed by atoms with Crippen LogP contribution in [0.4, 0.5) is 5.82 Å². The third-order valence-electron chi connectivity index (χ3n) is 3.15. The molecule has 2 N–H and O–H groups in total. The maximum absolute atomic E-state index is 5.97. The van der Waals surface area contributed by atoms with Crippen LogP contribution in [0.2, 0.25) is 0 Å². The Kier molecular flexibility index (Phi) is 3.32. The molecule has 1 heterocycles. The van der Waals surface area contributed by atoms with Crippen LogP contribution in [0.3, 0.4) is 0 Å². The van der Waals surface area contributed by atoms with E-state index < -0.39 is 0 Å². The molecular formula is C16H13BrN2O. The summed E-state index contributed by atoms with van der Waals surface area (Å²) in [5, 5.41) is 3.91. The van der Waals surface area contributed by atoms with Gasteiger partial charge in [-0.05, 0) is 30.2 Å². The number of nitrogens with zero attached hydrogens (tertiary/aromatic N) is 1. The maximum Gasteiger partial charge on any atom is 0.178 e. The third kappa shape index (κ3) is 2.23. The summed E-state index contributed by atoms with van der Waals surface area (Å²) in [6.07, 6.45) is 0. The molecule has 0 saturated heterocycles. The summed E-state index contributed by atoms with van der Waals surface area (Å²) in [6, 6.07) is 16.0. The zero-order chi connectivity index (χ0) is 14.1. The number of halogens is 1. The van der Waals surface area contributed by atoms with Gasteiger partial charge in [0.2, 0.25) is 0 Å². The molecule has 0 amide bonds. The molecule has 0 aliphatic heterocycles. The molecule has 3 rings (SSSR count). The number of hydrogen-bond donors (Lipinski definition) is 1. The highest BCUT2D eigenvalue weighted by Gasteiger charge is 2.19. The molecule has 0 radical (unpaired) electrons. The standard InChI is InChI=1S/C16H13BrN2O/c1-10-7-8-12(13(17)9-10)15-14(16(18)19-20-15)11-5-3-2-4-6-11/h2-9H,1H3,(H2,18,19). The number of nitrogens with two attached hydrogens (primary N) is 1.